The van der Waals surface area contributed by atoms with Crippen molar-refractivity contribution in [2.75, 3.05) is 31.6 Å². The van der Waals surface area contributed by atoms with Crippen molar-refractivity contribution in [3.63, 3.8) is 0 Å². The smallest absolute Gasteiger partial charge is 0.490 e. The Hall–Kier alpha value is -4.32. The van der Waals surface area contributed by atoms with E-state index in [-0.39, 0.29) is 17.5 Å². The first-order valence-electron chi connectivity index (χ1n) is 12.7. The number of carbonyl (C=O) groups excluding carboxylic acids is 1. The monoisotopic (exact) mass is 642 g/mol. The number of urea groups is 1. The molecular weight excluding hydrogens is 613 g/mol. The van der Waals surface area contributed by atoms with Crippen molar-refractivity contribution in [3.05, 3.63) is 53.8 Å². The van der Waals surface area contributed by atoms with Gasteiger partial charge in [-0.05, 0) is 30.3 Å². The van der Waals surface area contributed by atoms with Crippen LogP contribution >= 0.6 is 0 Å². The number of carboxylic acid groups (broad SMARTS) is 2. The van der Waals surface area contributed by atoms with Crippen LogP contribution in [0.25, 0.3) is 0 Å². The van der Waals surface area contributed by atoms with Crippen molar-refractivity contribution < 1.29 is 64.8 Å². The average Bonchev–Trinajstić information content (AvgIpc) is 3.26. The number of ether oxygens (including phenoxy) is 2. The van der Waals surface area contributed by atoms with Gasteiger partial charge in [0.2, 0.25) is 0 Å². The Morgan fingerprint density at radius 2 is 1.55 bits per heavy atom. The molecule has 1 saturated heterocycles. The van der Waals surface area contributed by atoms with Gasteiger partial charge < -0.3 is 36.5 Å². The summed E-state index contributed by atoms with van der Waals surface area (Å²) in [5, 5.41) is 16.8. The molecule has 1 fully saturated rings. The zero-order chi connectivity index (χ0) is 33.3. The average molecular weight is 643 g/mol. The predicted octanol–water partition coefficient (Wildman–Crippen LogP) is 3.76. The molecule has 1 atom stereocenters. The number of alkyl halides is 6. The lowest BCUT2D eigenvalue weighted by Crippen LogP contribution is -2.53. The van der Waals surface area contributed by atoms with E-state index in [0.717, 1.165) is 43.7 Å². The molecule has 7 N–H and O–H groups in total. The Morgan fingerprint density at radius 1 is 1.00 bits per heavy atom. The van der Waals surface area contributed by atoms with Gasteiger partial charge in [0.05, 0.1) is 11.7 Å². The summed E-state index contributed by atoms with van der Waals surface area (Å²) < 4.78 is 89.2. The number of fused-ring (bicyclic) bond motifs is 1. The Bertz CT molecular complexity index is 1280. The minimum absolute atomic E-state index is 0.0326. The number of nitrogens with zero attached hydrogens (tertiary/aromatic N) is 1. The summed E-state index contributed by atoms with van der Waals surface area (Å²) >= 11 is 0. The van der Waals surface area contributed by atoms with Gasteiger partial charge in [-0.15, -0.1) is 0 Å². The Kier molecular flexibility index (Phi) is 12.2. The van der Waals surface area contributed by atoms with Crippen LogP contribution in [0.2, 0.25) is 0 Å². The second-order valence-electron chi connectivity index (χ2n) is 9.54. The normalized spacial score (nSPS) is 16.2. The molecule has 2 heterocycles. The molecule has 11 nitrogen and oxygen atoms in total. The molecule has 4 rings (SSSR count). The van der Waals surface area contributed by atoms with Gasteiger partial charge in [-0.3, -0.25) is 4.90 Å². The third kappa shape index (κ3) is 10.7. The summed E-state index contributed by atoms with van der Waals surface area (Å²) in [6, 6.07) is 11.3. The van der Waals surface area contributed by atoms with Crippen LogP contribution in [0.5, 0.6) is 11.5 Å². The number of rotatable bonds is 6. The summed E-state index contributed by atoms with van der Waals surface area (Å²) in [6.07, 6.45) is -7.73. The summed E-state index contributed by atoms with van der Waals surface area (Å²) in [6.45, 7) is 2.49. The van der Waals surface area contributed by atoms with Crippen molar-refractivity contribution in [2.45, 2.75) is 43.3 Å². The van der Waals surface area contributed by atoms with Crippen molar-refractivity contribution in [3.8, 4) is 11.5 Å². The van der Waals surface area contributed by atoms with E-state index >= 15 is 0 Å². The van der Waals surface area contributed by atoms with Gasteiger partial charge in [0.1, 0.15) is 29.5 Å². The molecule has 244 valence electrons. The fourth-order valence-electron chi connectivity index (χ4n) is 4.31. The summed E-state index contributed by atoms with van der Waals surface area (Å²) in [5.74, 6) is -4.39. The highest BCUT2D eigenvalue weighted by atomic mass is 19.4. The fourth-order valence-corrected chi connectivity index (χ4v) is 4.31. The maximum Gasteiger partial charge on any atom is 0.490 e. The zero-order valence-corrected chi connectivity index (χ0v) is 22.8. The van der Waals surface area contributed by atoms with Crippen LogP contribution in [0.15, 0.2) is 42.5 Å². The number of likely N-dealkylation sites (tertiary alicyclic amines) is 1. The predicted molar refractivity (Wildman–Crippen MR) is 140 cm³/mol. The molecule has 1 spiro atoms. The lowest BCUT2D eigenvalue weighted by atomic mass is 9.86. The fraction of sp³-hybridized carbons (Fsp3) is 0.423. The third-order valence-electron chi connectivity index (χ3n) is 6.42. The molecule has 2 aliphatic heterocycles. The number of amides is 2. The Morgan fingerprint density at radius 3 is 2.05 bits per heavy atom. The number of carboxylic acids is 2. The van der Waals surface area contributed by atoms with E-state index in [0.29, 0.717) is 24.6 Å². The highest BCUT2D eigenvalue weighted by Gasteiger charge is 2.43. The van der Waals surface area contributed by atoms with Crippen molar-refractivity contribution in [2.24, 2.45) is 11.5 Å². The molecule has 0 aliphatic carbocycles. The van der Waals surface area contributed by atoms with Gasteiger partial charge >= 0.3 is 30.3 Å². The highest BCUT2D eigenvalue weighted by molar-refractivity contribution is 5.89. The number of piperidine rings is 1. The van der Waals surface area contributed by atoms with Crippen LogP contribution in [0.3, 0.4) is 0 Å². The minimum Gasteiger partial charge on any atom is -0.490 e. The molecule has 2 aromatic rings. The molecule has 44 heavy (non-hydrogen) atoms. The van der Waals surface area contributed by atoms with E-state index < -0.39 is 30.3 Å². The Balaban J connectivity index is 0.000000402. The number of primary amides is 1. The zero-order valence-electron chi connectivity index (χ0n) is 22.8. The topological polar surface area (TPSA) is 177 Å². The Labute approximate surface area is 245 Å². The molecule has 0 aromatic heterocycles. The number of carbonyl (C=O) groups is 3. The van der Waals surface area contributed by atoms with Crippen LogP contribution in [0.1, 0.15) is 18.4 Å². The van der Waals surface area contributed by atoms with Crippen molar-refractivity contribution in [1.29, 1.82) is 0 Å². The maximum atomic E-state index is 13.5. The molecule has 2 aliphatic rings. The molecular formula is C26H29F7N4O7. The van der Waals surface area contributed by atoms with Gasteiger partial charge in [0.25, 0.3) is 0 Å². The number of halogens is 7. The largest absolute Gasteiger partial charge is 0.490 e. The van der Waals surface area contributed by atoms with Crippen molar-refractivity contribution in [1.82, 2.24) is 4.90 Å². The van der Waals surface area contributed by atoms with E-state index in [1.54, 1.807) is 30.3 Å². The van der Waals surface area contributed by atoms with Gasteiger partial charge in [-0.25, -0.2) is 18.8 Å². The maximum absolute atomic E-state index is 13.5. The molecule has 0 bridgehead atoms. The van der Waals surface area contributed by atoms with Crippen LogP contribution < -0.4 is 26.3 Å². The second kappa shape index (κ2) is 14.9. The molecule has 0 saturated carbocycles. The van der Waals surface area contributed by atoms with Gasteiger partial charge in [-0.2, -0.15) is 26.3 Å². The van der Waals surface area contributed by atoms with E-state index in [2.05, 4.69) is 10.2 Å². The summed E-state index contributed by atoms with van der Waals surface area (Å²) in [7, 11) is 0. The van der Waals surface area contributed by atoms with Crippen LogP contribution in [-0.2, 0) is 16.0 Å². The molecule has 2 amide bonds. The van der Waals surface area contributed by atoms with Crippen LogP contribution in [0, 0.1) is 5.82 Å². The standard InChI is InChI=1S/C22H27FN4O3.2C2HF3O2/c23-16-5-6-19-15(11-16)12-22(30-19)7-9-27(10-8-22)17(13-24)14-29-20-4-2-1-3-18(20)26-21(25)28;2*3-2(4,5)1(6)7/h1-6,11,17H,7-10,12-14,24H2,(H3,25,26,28);2*(H,6,7). The molecule has 18 heteroatoms. The number of hydrogen-bond acceptors (Lipinski definition) is 7. The lowest BCUT2D eigenvalue weighted by Gasteiger charge is -2.41. The van der Waals surface area contributed by atoms with E-state index in [1.165, 1.54) is 6.07 Å². The van der Waals surface area contributed by atoms with E-state index in [4.69, 9.17) is 40.7 Å². The van der Waals surface area contributed by atoms with E-state index in [1.807, 2.05) is 6.07 Å². The number of nitrogens with one attached hydrogen (secondary N) is 1. The number of anilines is 1. The van der Waals surface area contributed by atoms with Gasteiger partial charge in [0, 0.05) is 44.5 Å². The minimum atomic E-state index is -5.08. The van der Waals surface area contributed by atoms with Crippen molar-refractivity contribution >= 4 is 23.7 Å². The molecule has 1 unspecified atom stereocenters. The summed E-state index contributed by atoms with van der Waals surface area (Å²) in [4.78, 5) is 31.3. The van der Waals surface area contributed by atoms with E-state index in [9.17, 15) is 35.5 Å². The molecule has 0 radical (unpaired) electrons. The highest BCUT2D eigenvalue weighted by Crippen LogP contribution is 2.41. The first kappa shape index (κ1) is 35.9. The quantitative estimate of drug-likeness (QED) is 0.294. The third-order valence-corrected chi connectivity index (χ3v) is 6.42. The SMILES string of the molecule is NCC(COc1ccccc1NC(N)=O)N1CCC2(CC1)Cc1cc(F)ccc1O2.O=C(O)C(F)(F)F.O=C(O)C(F)(F)F. The van der Waals surface area contributed by atoms with Crippen LogP contribution in [0.4, 0.5) is 41.2 Å². The summed E-state index contributed by atoms with van der Waals surface area (Å²) in [5.41, 5.74) is 12.5. The van der Waals surface area contributed by atoms with Gasteiger partial charge in [-0.1, -0.05) is 12.1 Å². The van der Waals surface area contributed by atoms with Gasteiger partial charge in [0.15, 0.2) is 0 Å². The number of hydrogen-bond donors (Lipinski definition) is 5. The number of benzene rings is 2. The number of para-hydroxylation sites is 2. The second-order valence-corrected chi connectivity index (χ2v) is 9.54. The van der Waals surface area contributed by atoms with Crippen LogP contribution in [-0.4, -0.2) is 83.3 Å². The first-order chi connectivity index (χ1) is 20.4. The number of aliphatic carboxylic acids is 2. The lowest BCUT2D eigenvalue weighted by molar-refractivity contribution is -0.193. The number of nitrogens with two attached hydrogens (primary N) is 2. The first-order valence-corrected chi connectivity index (χ1v) is 12.7. The molecule has 2 aromatic carbocycles.